The molecule has 1 aromatic carbocycles. The minimum Gasteiger partial charge on any atom is -0.507 e. The summed E-state index contributed by atoms with van der Waals surface area (Å²) in [6, 6.07) is 0. The number of hydrogen-bond acceptors (Lipinski definition) is 9. The molecule has 9 heteroatoms. The molecule has 0 amide bonds. The number of allylic oxidation sites excluding steroid dienone is 2. The van der Waals surface area contributed by atoms with Gasteiger partial charge in [0.2, 0.25) is 0 Å². The number of benzene rings is 1. The number of phenolic OH excluding ortho intramolecular Hbond substituents is 2. The lowest BCUT2D eigenvalue weighted by molar-refractivity contribution is -0.161. The van der Waals surface area contributed by atoms with Gasteiger partial charge in [0.15, 0.2) is 34.7 Å². The van der Waals surface area contributed by atoms with Gasteiger partial charge in [0.25, 0.3) is 0 Å². The Kier molecular flexibility index (Phi) is 8.44. The highest BCUT2D eigenvalue weighted by molar-refractivity contribution is 6.28. The second-order valence-corrected chi connectivity index (χ2v) is 16.8. The summed E-state index contributed by atoms with van der Waals surface area (Å²) >= 11 is 0. The maximum absolute atomic E-state index is 14.2. The van der Waals surface area contributed by atoms with Crippen molar-refractivity contribution in [3.63, 3.8) is 0 Å². The van der Waals surface area contributed by atoms with Crippen molar-refractivity contribution in [3.8, 4) is 17.2 Å². The van der Waals surface area contributed by atoms with Gasteiger partial charge in [0.05, 0.1) is 27.6 Å². The quantitative estimate of drug-likeness (QED) is 0.254. The molecule has 1 fully saturated rings. The molecule has 2 N–H and O–H groups in total. The second kappa shape index (κ2) is 11.0. The lowest BCUT2D eigenvalue weighted by Crippen LogP contribution is -2.59. The van der Waals surface area contributed by atoms with Crippen LogP contribution in [-0.2, 0) is 24.0 Å². The number of fused-ring (bicyclic) bond motifs is 1. The Morgan fingerprint density at radius 1 is 0.681 bits per heavy atom. The number of ketones is 6. The first-order valence-corrected chi connectivity index (χ1v) is 16.5. The van der Waals surface area contributed by atoms with E-state index < -0.39 is 91.7 Å². The average molecular weight is 651 g/mol. The van der Waals surface area contributed by atoms with E-state index in [-0.39, 0.29) is 45.5 Å². The number of phenols is 2. The van der Waals surface area contributed by atoms with Crippen LogP contribution in [0.25, 0.3) is 0 Å². The van der Waals surface area contributed by atoms with E-state index in [0.29, 0.717) is 0 Å². The van der Waals surface area contributed by atoms with Gasteiger partial charge in [-0.2, -0.15) is 0 Å². The van der Waals surface area contributed by atoms with Gasteiger partial charge < -0.3 is 14.9 Å². The van der Waals surface area contributed by atoms with Crippen LogP contribution in [0.3, 0.4) is 0 Å². The standard InChI is InChI=1S/C38H50O9/c1-15(2)18(22-29(42)35(7,8)33(45)36(9,10)30(22)43)20-26(40)21-19(16(3)4)23-31(44)37(11,12)34(46)38(13,14)32(23)47-28(21)24(27(20)41)25(39)17(5)6/h15-19,22,40-41H,1-14H3/t18-,19+/m1/s1. The highest BCUT2D eigenvalue weighted by Crippen LogP contribution is 2.61. The Hall–Kier alpha value is -3.62. The Balaban J connectivity index is 2.19. The van der Waals surface area contributed by atoms with Crippen molar-refractivity contribution in [3.05, 3.63) is 28.0 Å². The van der Waals surface area contributed by atoms with Gasteiger partial charge in [0.1, 0.15) is 28.6 Å². The van der Waals surface area contributed by atoms with Crippen molar-refractivity contribution in [1.29, 1.82) is 0 Å². The van der Waals surface area contributed by atoms with Gasteiger partial charge in [-0.1, -0.05) is 41.5 Å². The summed E-state index contributed by atoms with van der Waals surface area (Å²) < 4.78 is 6.41. The van der Waals surface area contributed by atoms with E-state index in [4.69, 9.17) is 4.74 Å². The van der Waals surface area contributed by atoms with E-state index >= 15 is 0 Å². The monoisotopic (exact) mass is 650 g/mol. The predicted octanol–water partition coefficient (Wildman–Crippen LogP) is 6.66. The number of aromatic hydroxyl groups is 2. The highest BCUT2D eigenvalue weighted by atomic mass is 16.5. The van der Waals surface area contributed by atoms with Crippen LogP contribution in [0, 0.1) is 45.3 Å². The van der Waals surface area contributed by atoms with Gasteiger partial charge >= 0.3 is 0 Å². The minimum atomic E-state index is -1.53. The molecular formula is C38H50O9. The molecule has 47 heavy (non-hydrogen) atoms. The third-order valence-electron chi connectivity index (χ3n) is 10.8. The molecule has 0 radical (unpaired) electrons. The van der Waals surface area contributed by atoms with E-state index in [2.05, 4.69) is 0 Å². The Labute approximate surface area is 277 Å². The van der Waals surface area contributed by atoms with Gasteiger partial charge in [-0.15, -0.1) is 0 Å². The van der Waals surface area contributed by atoms with Crippen LogP contribution in [0.1, 0.15) is 130 Å². The van der Waals surface area contributed by atoms with Crippen molar-refractivity contribution in [2.45, 2.75) is 109 Å². The van der Waals surface area contributed by atoms with Gasteiger partial charge in [-0.25, -0.2) is 0 Å². The maximum Gasteiger partial charge on any atom is 0.175 e. The normalized spacial score (nSPS) is 24.1. The summed E-state index contributed by atoms with van der Waals surface area (Å²) in [5.41, 5.74) is -5.91. The maximum atomic E-state index is 14.2. The van der Waals surface area contributed by atoms with Crippen LogP contribution >= 0.6 is 0 Å². The van der Waals surface area contributed by atoms with Crippen molar-refractivity contribution in [2.24, 2.45) is 45.3 Å². The Morgan fingerprint density at radius 3 is 1.57 bits per heavy atom. The first-order valence-electron chi connectivity index (χ1n) is 16.5. The molecule has 256 valence electrons. The first-order chi connectivity index (χ1) is 21.2. The van der Waals surface area contributed by atoms with E-state index in [9.17, 15) is 39.0 Å². The van der Waals surface area contributed by atoms with E-state index in [1.165, 1.54) is 27.7 Å². The number of hydrogen-bond donors (Lipinski definition) is 2. The zero-order valence-corrected chi connectivity index (χ0v) is 30.2. The van der Waals surface area contributed by atoms with Crippen LogP contribution < -0.4 is 4.74 Å². The Bertz CT molecular complexity index is 1650. The summed E-state index contributed by atoms with van der Waals surface area (Å²) in [7, 11) is 0. The number of ether oxygens (including phenoxy) is 1. The number of carbonyl (C=O) groups is 6. The van der Waals surface area contributed by atoms with Gasteiger partial charge in [-0.05, 0) is 67.2 Å². The minimum absolute atomic E-state index is 0.0717. The Morgan fingerprint density at radius 2 is 1.15 bits per heavy atom. The fourth-order valence-electron chi connectivity index (χ4n) is 8.22. The zero-order chi connectivity index (χ0) is 36.3. The summed E-state index contributed by atoms with van der Waals surface area (Å²) in [6.45, 7) is 22.8. The number of Topliss-reactive ketones (excluding diaryl/α,β-unsaturated/α-hetero) is 6. The smallest absolute Gasteiger partial charge is 0.175 e. The first kappa shape index (κ1) is 36.2. The molecule has 2 aliphatic carbocycles. The van der Waals surface area contributed by atoms with Gasteiger partial charge in [0, 0.05) is 34.5 Å². The van der Waals surface area contributed by atoms with Crippen molar-refractivity contribution < 1.29 is 43.7 Å². The molecule has 3 aliphatic rings. The van der Waals surface area contributed by atoms with Crippen molar-refractivity contribution in [1.82, 2.24) is 0 Å². The molecule has 0 spiro atoms. The molecule has 0 bridgehead atoms. The van der Waals surface area contributed by atoms with E-state index in [1.54, 1.807) is 55.4 Å². The second-order valence-electron chi connectivity index (χ2n) is 16.8. The molecular weight excluding hydrogens is 600 g/mol. The van der Waals surface area contributed by atoms with E-state index in [1.807, 2.05) is 13.8 Å². The molecule has 2 atom stereocenters. The topological polar surface area (TPSA) is 152 Å². The van der Waals surface area contributed by atoms with Crippen LogP contribution in [0.15, 0.2) is 11.3 Å². The fourth-order valence-corrected chi connectivity index (χ4v) is 8.22. The lowest BCUT2D eigenvalue weighted by atomic mass is 9.54. The molecule has 4 rings (SSSR count). The molecule has 1 heterocycles. The number of rotatable bonds is 6. The van der Waals surface area contributed by atoms with Crippen LogP contribution in [0.5, 0.6) is 17.2 Å². The third kappa shape index (κ3) is 4.77. The number of carbonyl (C=O) groups excluding carboxylic acids is 6. The average Bonchev–Trinajstić information content (AvgIpc) is 2.96. The SMILES string of the molecule is CC(C)C(=O)c1c(O)c([C@@H](C(C)C)C2C(=O)C(C)(C)C(=O)C(C)(C)C2=O)c(O)c2c1OC1=C(C(=O)C(C)(C)C(=O)C1(C)C)[C@H]2C(C)C. The molecule has 9 nitrogen and oxygen atoms in total. The zero-order valence-electron chi connectivity index (χ0n) is 30.2. The van der Waals surface area contributed by atoms with Crippen LogP contribution in [0.4, 0.5) is 0 Å². The van der Waals surface area contributed by atoms with Crippen LogP contribution in [-0.4, -0.2) is 44.9 Å². The van der Waals surface area contributed by atoms with E-state index in [0.717, 1.165) is 0 Å². The van der Waals surface area contributed by atoms with Crippen molar-refractivity contribution >= 4 is 34.7 Å². The molecule has 0 saturated heterocycles. The largest absolute Gasteiger partial charge is 0.507 e. The van der Waals surface area contributed by atoms with Gasteiger partial charge in [-0.3, -0.25) is 28.8 Å². The summed E-state index contributed by atoms with van der Waals surface area (Å²) in [5.74, 6) is -9.38. The molecule has 1 saturated carbocycles. The van der Waals surface area contributed by atoms with Crippen molar-refractivity contribution in [2.75, 3.05) is 0 Å². The third-order valence-corrected chi connectivity index (χ3v) is 10.8. The van der Waals surface area contributed by atoms with Crippen LogP contribution in [0.2, 0.25) is 0 Å². The molecule has 0 unspecified atom stereocenters. The lowest BCUT2D eigenvalue weighted by Gasteiger charge is -2.47. The molecule has 1 aromatic rings. The fraction of sp³-hybridized carbons (Fsp3) is 0.632. The molecule has 0 aromatic heterocycles. The summed E-state index contributed by atoms with van der Waals surface area (Å²) in [6.07, 6.45) is 0. The molecule has 1 aliphatic heterocycles. The highest BCUT2D eigenvalue weighted by Gasteiger charge is 2.62. The summed E-state index contributed by atoms with van der Waals surface area (Å²) in [5, 5.41) is 24.5. The predicted molar refractivity (Wildman–Crippen MR) is 175 cm³/mol. The summed E-state index contributed by atoms with van der Waals surface area (Å²) in [4.78, 5) is 83.4.